The predicted molar refractivity (Wildman–Crippen MR) is 63.3 cm³/mol. The molecule has 1 N–H and O–H groups in total. The van der Waals surface area contributed by atoms with Gasteiger partial charge in [0.05, 0.1) is 0 Å². The summed E-state index contributed by atoms with van der Waals surface area (Å²) in [5.74, 6) is -0.140. The van der Waals surface area contributed by atoms with Crippen molar-refractivity contribution in [1.82, 2.24) is 5.32 Å². The first-order valence-corrected chi connectivity index (χ1v) is 5.98. The number of hydrogen-bond donors (Lipinski definition) is 1. The number of rotatable bonds is 2. The first-order chi connectivity index (χ1) is 7.72. The second-order valence-corrected chi connectivity index (χ2v) is 5.00. The molecule has 2 nitrogen and oxygen atoms in total. The summed E-state index contributed by atoms with van der Waals surface area (Å²) in [5.41, 5.74) is 2.31. The van der Waals surface area contributed by atoms with E-state index in [0.29, 0.717) is 6.04 Å². The lowest BCUT2D eigenvalue weighted by Crippen LogP contribution is -2.45. The van der Waals surface area contributed by atoms with Gasteiger partial charge < -0.3 is 10.2 Å². The highest BCUT2D eigenvalue weighted by molar-refractivity contribution is 5.55. The molecule has 0 radical (unpaired) electrons. The highest BCUT2D eigenvalue weighted by Gasteiger charge is 2.28. The third-order valence-corrected chi connectivity index (χ3v) is 3.47. The maximum Gasteiger partial charge on any atom is 0.125 e. The standard InChI is InChI=1S/C13H17FN2/c1-16-8-12(15-11-4-5-11)6-9-2-3-10(14)7-13(9)16/h2-3,7,11-12,15H,4-6,8H2,1H3. The summed E-state index contributed by atoms with van der Waals surface area (Å²) < 4.78 is 13.1. The predicted octanol–water partition coefficient (Wildman–Crippen LogP) is 1.94. The molecule has 1 aromatic rings. The number of benzene rings is 1. The minimum atomic E-state index is -0.140. The van der Waals surface area contributed by atoms with Crippen LogP contribution in [0.15, 0.2) is 18.2 Å². The molecule has 3 heteroatoms. The van der Waals surface area contributed by atoms with Crippen molar-refractivity contribution in [2.75, 3.05) is 18.5 Å². The normalized spacial score (nSPS) is 24.4. The van der Waals surface area contributed by atoms with Crippen LogP contribution in [-0.4, -0.2) is 25.7 Å². The van der Waals surface area contributed by atoms with Crippen LogP contribution in [-0.2, 0) is 6.42 Å². The number of halogens is 1. The van der Waals surface area contributed by atoms with Gasteiger partial charge in [0.2, 0.25) is 0 Å². The van der Waals surface area contributed by atoms with Crippen LogP contribution in [0.3, 0.4) is 0 Å². The van der Waals surface area contributed by atoms with Crippen LogP contribution in [0.25, 0.3) is 0 Å². The molecule has 0 spiro atoms. The number of nitrogens with zero attached hydrogens (tertiary/aromatic N) is 1. The topological polar surface area (TPSA) is 15.3 Å². The van der Waals surface area contributed by atoms with Gasteiger partial charge in [0.1, 0.15) is 5.82 Å². The summed E-state index contributed by atoms with van der Waals surface area (Å²) in [6.07, 6.45) is 3.66. The van der Waals surface area contributed by atoms with Crippen molar-refractivity contribution in [3.8, 4) is 0 Å². The third-order valence-electron chi connectivity index (χ3n) is 3.47. The smallest absolute Gasteiger partial charge is 0.125 e. The summed E-state index contributed by atoms with van der Waals surface area (Å²) in [5, 5.41) is 3.64. The van der Waals surface area contributed by atoms with E-state index in [1.54, 1.807) is 12.1 Å². The average Bonchev–Trinajstić information content (AvgIpc) is 3.03. The van der Waals surface area contributed by atoms with E-state index in [9.17, 15) is 4.39 Å². The zero-order valence-electron chi connectivity index (χ0n) is 9.54. The van der Waals surface area contributed by atoms with Gasteiger partial charge >= 0.3 is 0 Å². The van der Waals surface area contributed by atoms with Crippen molar-refractivity contribution in [3.63, 3.8) is 0 Å². The van der Waals surface area contributed by atoms with Crippen LogP contribution in [0.1, 0.15) is 18.4 Å². The molecule has 0 saturated heterocycles. The van der Waals surface area contributed by atoms with Crippen LogP contribution in [0.5, 0.6) is 0 Å². The molecule has 0 amide bonds. The lowest BCUT2D eigenvalue weighted by molar-refractivity contribution is 0.489. The van der Waals surface area contributed by atoms with Gasteiger partial charge in [-0.15, -0.1) is 0 Å². The van der Waals surface area contributed by atoms with Gasteiger partial charge in [-0.2, -0.15) is 0 Å². The van der Waals surface area contributed by atoms with E-state index in [-0.39, 0.29) is 5.82 Å². The van der Waals surface area contributed by atoms with Gasteiger partial charge in [0.15, 0.2) is 0 Å². The van der Waals surface area contributed by atoms with Crippen LogP contribution in [0.4, 0.5) is 10.1 Å². The van der Waals surface area contributed by atoms with Crippen molar-refractivity contribution in [3.05, 3.63) is 29.6 Å². The molecule has 0 aromatic heterocycles. The third kappa shape index (κ3) is 1.92. The molecule has 1 aliphatic heterocycles. The largest absolute Gasteiger partial charge is 0.373 e. The van der Waals surface area contributed by atoms with Gasteiger partial charge in [0, 0.05) is 31.4 Å². The molecule has 1 atom stereocenters. The van der Waals surface area contributed by atoms with Crippen molar-refractivity contribution in [2.24, 2.45) is 0 Å². The average molecular weight is 220 g/mol. The van der Waals surface area contributed by atoms with E-state index in [1.165, 1.54) is 18.4 Å². The lowest BCUT2D eigenvalue weighted by Gasteiger charge is -2.34. The van der Waals surface area contributed by atoms with Crippen molar-refractivity contribution in [1.29, 1.82) is 0 Å². The molecular formula is C13H17FN2. The van der Waals surface area contributed by atoms with Crippen LogP contribution in [0.2, 0.25) is 0 Å². The Hall–Kier alpha value is -1.09. The van der Waals surface area contributed by atoms with E-state index >= 15 is 0 Å². The zero-order chi connectivity index (χ0) is 11.1. The highest BCUT2D eigenvalue weighted by atomic mass is 19.1. The van der Waals surface area contributed by atoms with Gasteiger partial charge in [-0.1, -0.05) is 6.07 Å². The molecule has 1 saturated carbocycles. The quantitative estimate of drug-likeness (QED) is 0.819. The Morgan fingerprint density at radius 2 is 2.12 bits per heavy atom. The Morgan fingerprint density at radius 1 is 1.31 bits per heavy atom. The molecule has 1 unspecified atom stereocenters. The molecule has 16 heavy (non-hydrogen) atoms. The van der Waals surface area contributed by atoms with Gasteiger partial charge in [-0.05, 0) is 37.0 Å². The molecule has 3 rings (SSSR count). The lowest BCUT2D eigenvalue weighted by atomic mass is 9.98. The Morgan fingerprint density at radius 3 is 2.88 bits per heavy atom. The fourth-order valence-corrected chi connectivity index (χ4v) is 2.52. The summed E-state index contributed by atoms with van der Waals surface area (Å²) in [7, 11) is 2.04. The van der Waals surface area contributed by atoms with Gasteiger partial charge in [-0.3, -0.25) is 0 Å². The molecular weight excluding hydrogens is 203 g/mol. The minimum Gasteiger partial charge on any atom is -0.373 e. The minimum absolute atomic E-state index is 0.140. The number of hydrogen-bond acceptors (Lipinski definition) is 2. The number of anilines is 1. The second kappa shape index (κ2) is 3.74. The van der Waals surface area contributed by atoms with Crippen LogP contribution >= 0.6 is 0 Å². The molecule has 86 valence electrons. The summed E-state index contributed by atoms with van der Waals surface area (Å²) in [4.78, 5) is 2.15. The molecule has 0 bridgehead atoms. The van der Waals surface area contributed by atoms with Gasteiger partial charge in [0.25, 0.3) is 0 Å². The SMILES string of the molecule is CN1CC(NC2CC2)Cc2ccc(F)cc21. The monoisotopic (exact) mass is 220 g/mol. The summed E-state index contributed by atoms with van der Waals surface area (Å²) >= 11 is 0. The molecule has 1 aromatic carbocycles. The first kappa shape index (κ1) is 10.1. The Bertz CT molecular complexity index is 401. The van der Waals surface area contributed by atoms with Crippen molar-refractivity contribution in [2.45, 2.75) is 31.3 Å². The molecule has 1 heterocycles. The maximum absolute atomic E-state index is 13.1. The van der Waals surface area contributed by atoms with E-state index in [1.807, 2.05) is 13.1 Å². The van der Waals surface area contributed by atoms with Crippen LogP contribution in [0, 0.1) is 5.82 Å². The zero-order valence-corrected chi connectivity index (χ0v) is 9.54. The number of fused-ring (bicyclic) bond motifs is 1. The first-order valence-electron chi connectivity index (χ1n) is 5.98. The van der Waals surface area contributed by atoms with E-state index in [4.69, 9.17) is 0 Å². The summed E-state index contributed by atoms with van der Waals surface area (Å²) in [6, 6.07) is 6.38. The maximum atomic E-state index is 13.1. The van der Waals surface area contributed by atoms with Crippen LogP contribution < -0.4 is 10.2 Å². The molecule has 1 fully saturated rings. The summed E-state index contributed by atoms with van der Waals surface area (Å²) in [6.45, 7) is 0.979. The Kier molecular flexibility index (Phi) is 2.36. The van der Waals surface area contributed by atoms with E-state index in [2.05, 4.69) is 10.2 Å². The van der Waals surface area contributed by atoms with Gasteiger partial charge in [-0.25, -0.2) is 4.39 Å². The van der Waals surface area contributed by atoms with E-state index in [0.717, 1.165) is 24.7 Å². The highest BCUT2D eigenvalue weighted by Crippen LogP contribution is 2.28. The number of likely N-dealkylation sites (N-methyl/N-ethyl adjacent to an activating group) is 1. The molecule has 2 aliphatic rings. The Balaban J connectivity index is 1.81. The fraction of sp³-hybridized carbons (Fsp3) is 0.538. The van der Waals surface area contributed by atoms with E-state index < -0.39 is 0 Å². The fourth-order valence-electron chi connectivity index (χ4n) is 2.52. The Labute approximate surface area is 95.4 Å². The second-order valence-electron chi connectivity index (χ2n) is 5.00. The molecule has 1 aliphatic carbocycles. The number of nitrogens with one attached hydrogen (secondary N) is 1. The van der Waals surface area contributed by atoms with Crippen molar-refractivity contribution < 1.29 is 4.39 Å². The van der Waals surface area contributed by atoms with Crippen molar-refractivity contribution >= 4 is 5.69 Å².